The first-order valence-electron chi connectivity index (χ1n) is 8.70. The van der Waals surface area contributed by atoms with Crippen molar-refractivity contribution in [3.8, 4) is 5.75 Å². The van der Waals surface area contributed by atoms with Crippen molar-refractivity contribution in [2.24, 2.45) is 0 Å². The zero-order chi connectivity index (χ0) is 17.8. The third-order valence-corrected chi connectivity index (χ3v) is 4.59. The zero-order valence-electron chi connectivity index (χ0n) is 14.7. The molecular formula is C20H25N3O2. The van der Waals surface area contributed by atoms with Crippen molar-refractivity contribution in [2.45, 2.75) is 32.7 Å². The first-order valence-corrected chi connectivity index (χ1v) is 8.70. The predicted molar refractivity (Wildman–Crippen MR) is 101 cm³/mol. The average Bonchev–Trinajstić information content (AvgIpc) is 2.58. The monoisotopic (exact) mass is 339 g/mol. The number of phenolic OH excluding ortho intramolecular Hbond substituents is 1. The number of amides is 2. The number of hydrogen-bond donors (Lipinski definition) is 3. The van der Waals surface area contributed by atoms with Gasteiger partial charge in [-0.2, -0.15) is 0 Å². The molecule has 132 valence electrons. The van der Waals surface area contributed by atoms with Crippen LogP contribution in [0.1, 0.15) is 24.0 Å². The highest BCUT2D eigenvalue weighted by molar-refractivity contribution is 5.90. The van der Waals surface area contributed by atoms with E-state index in [0.29, 0.717) is 0 Å². The molecule has 1 aliphatic rings. The zero-order valence-corrected chi connectivity index (χ0v) is 14.7. The first-order chi connectivity index (χ1) is 12.0. The number of carbonyl (C=O) groups excluding carboxylic acids is 1. The lowest BCUT2D eigenvalue weighted by Crippen LogP contribution is -2.49. The molecule has 1 heterocycles. The topological polar surface area (TPSA) is 64.6 Å². The lowest BCUT2D eigenvalue weighted by molar-refractivity contribution is 0.246. The lowest BCUT2D eigenvalue weighted by atomic mass is 10.0. The highest BCUT2D eigenvalue weighted by Gasteiger charge is 2.22. The Bertz CT molecular complexity index is 760. The van der Waals surface area contributed by atoms with Gasteiger partial charge in [-0.1, -0.05) is 18.2 Å². The van der Waals surface area contributed by atoms with Crippen LogP contribution in [0.25, 0.3) is 0 Å². The molecule has 2 aromatic carbocycles. The summed E-state index contributed by atoms with van der Waals surface area (Å²) in [6.07, 6.45) is 1.96. The number of rotatable bonds is 3. The number of anilines is 2. The van der Waals surface area contributed by atoms with Crippen LogP contribution >= 0.6 is 0 Å². The predicted octanol–water partition coefficient (Wildman–Crippen LogP) is 3.80. The molecule has 1 atom stereocenters. The number of nitrogens with one attached hydrogen (secondary N) is 2. The van der Waals surface area contributed by atoms with Gasteiger partial charge in [-0.25, -0.2) is 4.79 Å². The van der Waals surface area contributed by atoms with Crippen molar-refractivity contribution >= 4 is 17.4 Å². The molecule has 1 unspecified atom stereocenters. The second-order valence-electron chi connectivity index (χ2n) is 6.72. The fraction of sp³-hybridized carbons (Fsp3) is 0.350. The number of aromatic hydroxyl groups is 1. The lowest BCUT2D eigenvalue weighted by Gasteiger charge is -2.34. The molecule has 1 fully saturated rings. The average molecular weight is 339 g/mol. The second kappa shape index (κ2) is 7.47. The van der Waals surface area contributed by atoms with Crippen LogP contribution in [0.3, 0.4) is 0 Å². The molecule has 3 N–H and O–H groups in total. The Morgan fingerprint density at radius 1 is 1.20 bits per heavy atom. The van der Waals surface area contributed by atoms with Gasteiger partial charge in [-0.05, 0) is 56.0 Å². The third kappa shape index (κ3) is 4.44. The summed E-state index contributed by atoms with van der Waals surface area (Å²) in [5.41, 5.74) is 4.00. The van der Waals surface area contributed by atoms with E-state index in [1.54, 1.807) is 12.1 Å². The summed E-state index contributed by atoms with van der Waals surface area (Å²) < 4.78 is 0. The summed E-state index contributed by atoms with van der Waals surface area (Å²) in [5, 5.41) is 15.7. The SMILES string of the molecule is Cc1ccc(C)c(NC(=O)NC2CCCN(c3cccc(O)c3)C2)c1. The number of benzene rings is 2. The van der Waals surface area contributed by atoms with E-state index in [4.69, 9.17) is 0 Å². The fourth-order valence-electron chi connectivity index (χ4n) is 3.23. The van der Waals surface area contributed by atoms with Gasteiger partial charge in [0, 0.05) is 36.6 Å². The van der Waals surface area contributed by atoms with Crippen molar-refractivity contribution in [1.82, 2.24) is 5.32 Å². The molecule has 3 rings (SSSR count). The van der Waals surface area contributed by atoms with Crippen LogP contribution in [0.2, 0.25) is 0 Å². The van der Waals surface area contributed by atoms with E-state index in [1.807, 2.05) is 44.2 Å². The van der Waals surface area contributed by atoms with E-state index >= 15 is 0 Å². The quantitative estimate of drug-likeness (QED) is 0.797. The summed E-state index contributed by atoms with van der Waals surface area (Å²) in [6.45, 7) is 5.67. The van der Waals surface area contributed by atoms with Crippen LogP contribution in [0.15, 0.2) is 42.5 Å². The number of phenols is 1. The number of urea groups is 1. The molecule has 2 aromatic rings. The Hall–Kier alpha value is -2.69. The Morgan fingerprint density at radius 2 is 2.04 bits per heavy atom. The van der Waals surface area contributed by atoms with E-state index < -0.39 is 0 Å². The van der Waals surface area contributed by atoms with E-state index in [0.717, 1.165) is 48.4 Å². The largest absolute Gasteiger partial charge is 0.508 e. The summed E-state index contributed by atoms with van der Waals surface area (Å²) in [6, 6.07) is 13.2. The Morgan fingerprint density at radius 3 is 2.84 bits per heavy atom. The van der Waals surface area contributed by atoms with Crippen LogP contribution in [0.4, 0.5) is 16.2 Å². The highest BCUT2D eigenvalue weighted by Crippen LogP contribution is 2.23. The van der Waals surface area contributed by atoms with Crippen LogP contribution in [0, 0.1) is 13.8 Å². The summed E-state index contributed by atoms with van der Waals surface area (Å²) in [4.78, 5) is 14.6. The number of carbonyl (C=O) groups is 1. The van der Waals surface area contributed by atoms with Crippen molar-refractivity contribution in [3.05, 3.63) is 53.6 Å². The minimum Gasteiger partial charge on any atom is -0.508 e. The summed E-state index contributed by atoms with van der Waals surface area (Å²) >= 11 is 0. The molecule has 25 heavy (non-hydrogen) atoms. The van der Waals surface area contributed by atoms with Crippen molar-refractivity contribution in [3.63, 3.8) is 0 Å². The van der Waals surface area contributed by atoms with Crippen molar-refractivity contribution in [2.75, 3.05) is 23.3 Å². The molecule has 0 spiro atoms. The second-order valence-corrected chi connectivity index (χ2v) is 6.72. The van der Waals surface area contributed by atoms with Gasteiger partial charge >= 0.3 is 6.03 Å². The molecule has 1 saturated heterocycles. The van der Waals surface area contributed by atoms with Gasteiger partial charge in [-0.3, -0.25) is 0 Å². The molecule has 0 bridgehead atoms. The number of piperidine rings is 1. The van der Waals surface area contributed by atoms with Gasteiger partial charge in [0.2, 0.25) is 0 Å². The van der Waals surface area contributed by atoms with E-state index in [2.05, 4.69) is 15.5 Å². The van der Waals surface area contributed by atoms with Gasteiger partial charge in [0.25, 0.3) is 0 Å². The number of nitrogens with zero attached hydrogens (tertiary/aromatic N) is 1. The van der Waals surface area contributed by atoms with E-state index in [1.165, 1.54) is 0 Å². The maximum Gasteiger partial charge on any atom is 0.319 e. The smallest absolute Gasteiger partial charge is 0.319 e. The van der Waals surface area contributed by atoms with Crippen LogP contribution in [-0.2, 0) is 0 Å². The van der Waals surface area contributed by atoms with Gasteiger partial charge in [0.05, 0.1) is 0 Å². The Labute approximate surface area is 148 Å². The minimum atomic E-state index is -0.170. The molecule has 5 nitrogen and oxygen atoms in total. The van der Waals surface area contributed by atoms with Gasteiger partial charge in [0.15, 0.2) is 0 Å². The maximum absolute atomic E-state index is 12.4. The molecule has 0 aromatic heterocycles. The van der Waals surface area contributed by atoms with Crippen LogP contribution < -0.4 is 15.5 Å². The first kappa shape index (κ1) is 17.1. The molecule has 0 saturated carbocycles. The maximum atomic E-state index is 12.4. The number of hydrogen-bond acceptors (Lipinski definition) is 3. The highest BCUT2D eigenvalue weighted by atomic mass is 16.3. The van der Waals surface area contributed by atoms with Crippen molar-refractivity contribution < 1.29 is 9.90 Å². The van der Waals surface area contributed by atoms with E-state index in [-0.39, 0.29) is 17.8 Å². The molecule has 1 aliphatic heterocycles. The van der Waals surface area contributed by atoms with E-state index in [9.17, 15) is 9.90 Å². The van der Waals surface area contributed by atoms with Crippen molar-refractivity contribution in [1.29, 1.82) is 0 Å². The summed E-state index contributed by atoms with van der Waals surface area (Å²) in [7, 11) is 0. The van der Waals surface area contributed by atoms with Crippen LogP contribution in [-0.4, -0.2) is 30.3 Å². The molecule has 5 heteroatoms. The normalized spacial score (nSPS) is 17.2. The fourth-order valence-corrected chi connectivity index (χ4v) is 3.23. The molecule has 2 amide bonds. The van der Waals surface area contributed by atoms with Gasteiger partial charge < -0.3 is 20.6 Å². The molecular weight excluding hydrogens is 314 g/mol. The molecule has 0 radical (unpaired) electrons. The van der Waals surface area contributed by atoms with Gasteiger partial charge in [0.1, 0.15) is 5.75 Å². The molecule has 0 aliphatic carbocycles. The third-order valence-electron chi connectivity index (χ3n) is 4.59. The Kier molecular flexibility index (Phi) is 5.12. The minimum absolute atomic E-state index is 0.0845. The standard InChI is InChI=1S/C20H25N3O2/c1-14-8-9-15(2)19(11-14)22-20(25)21-16-5-4-10-23(13-16)17-6-3-7-18(24)12-17/h3,6-9,11-12,16,24H,4-5,10,13H2,1-2H3,(H2,21,22,25). The summed E-state index contributed by atoms with van der Waals surface area (Å²) in [5.74, 6) is 0.264. The Balaban J connectivity index is 1.60. The van der Waals surface area contributed by atoms with Crippen LogP contribution in [0.5, 0.6) is 5.75 Å². The number of aryl methyl sites for hydroxylation is 2. The van der Waals surface area contributed by atoms with Gasteiger partial charge in [-0.15, -0.1) is 0 Å².